The summed E-state index contributed by atoms with van der Waals surface area (Å²) in [5.41, 5.74) is 0.894. The topological polar surface area (TPSA) is 54.4 Å². The molecule has 1 aromatic carbocycles. The molecular formula is C8H11LiO3S. The summed E-state index contributed by atoms with van der Waals surface area (Å²) >= 11 is 0. The SMILES string of the molecule is CCc1cccc(S(=O)(=O)O)c1.[H-].[Li+]. The van der Waals surface area contributed by atoms with Gasteiger partial charge in [0.1, 0.15) is 0 Å². The van der Waals surface area contributed by atoms with Crippen LogP contribution in [0.4, 0.5) is 0 Å². The Labute approximate surface area is 91.6 Å². The monoisotopic (exact) mass is 194 g/mol. The molecule has 1 rings (SSSR count). The summed E-state index contributed by atoms with van der Waals surface area (Å²) in [5.74, 6) is 0. The minimum Gasteiger partial charge on any atom is -1.00 e. The van der Waals surface area contributed by atoms with Crippen LogP contribution in [-0.4, -0.2) is 13.0 Å². The van der Waals surface area contributed by atoms with Crippen molar-refractivity contribution in [3.63, 3.8) is 0 Å². The van der Waals surface area contributed by atoms with E-state index < -0.39 is 10.1 Å². The number of aryl methyl sites for hydroxylation is 1. The molecule has 0 amide bonds. The molecular weight excluding hydrogens is 183 g/mol. The maximum atomic E-state index is 10.7. The molecule has 5 heteroatoms. The first kappa shape index (κ1) is 12.7. The van der Waals surface area contributed by atoms with E-state index in [0.29, 0.717) is 0 Å². The largest absolute Gasteiger partial charge is 1.00 e. The van der Waals surface area contributed by atoms with Gasteiger partial charge in [-0.2, -0.15) is 8.42 Å². The second kappa shape index (κ2) is 4.82. The van der Waals surface area contributed by atoms with E-state index in [1.807, 2.05) is 13.0 Å². The summed E-state index contributed by atoms with van der Waals surface area (Å²) in [6, 6.07) is 6.26. The van der Waals surface area contributed by atoms with E-state index >= 15 is 0 Å². The maximum absolute atomic E-state index is 10.7. The van der Waals surface area contributed by atoms with Gasteiger partial charge in [0.05, 0.1) is 4.90 Å². The Kier molecular flexibility index (Phi) is 4.72. The van der Waals surface area contributed by atoms with Crippen LogP contribution in [0.2, 0.25) is 0 Å². The fraction of sp³-hybridized carbons (Fsp3) is 0.250. The van der Waals surface area contributed by atoms with Gasteiger partial charge in [-0.05, 0) is 24.1 Å². The van der Waals surface area contributed by atoms with Gasteiger partial charge < -0.3 is 1.43 Å². The molecule has 0 aliphatic carbocycles. The molecule has 68 valence electrons. The van der Waals surface area contributed by atoms with E-state index in [2.05, 4.69) is 0 Å². The molecule has 0 saturated heterocycles. The molecule has 0 bridgehead atoms. The molecule has 0 heterocycles. The van der Waals surface area contributed by atoms with Crippen LogP contribution in [0.15, 0.2) is 29.2 Å². The third kappa shape index (κ3) is 3.53. The van der Waals surface area contributed by atoms with Crippen molar-refractivity contribution < 1.29 is 33.3 Å². The number of hydrogen-bond acceptors (Lipinski definition) is 2. The van der Waals surface area contributed by atoms with E-state index in [1.54, 1.807) is 6.07 Å². The zero-order valence-corrected chi connectivity index (χ0v) is 8.50. The Hall–Kier alpha value is -0.273. The number of benzene rings is 1. The van der Waals surface area contributed by atoms with Gasteiger partial charge in [0, 0.05) is 0 Å². The van der Waals surface area contributed by atoms with Gasteiger partial charge in [-0.25, -0.2) is 0 Å². The van der Waals surface area contributed by atoms with Crippen molar-refractivity contribution in [2.75, 3.05) is 0 Å². The maximum Gasteiger partial charge on any atom is 1.00 e. The summed E-state index contributed by atoms with van der Waals surface area (Å²) < 4.78 is 30.0. The average molecular weight is 194 g/mol. The molecule has 13 heavy (non-hydrogen) atoms. The van der Waals surface area contributed by atoms with Crippen LogP contribution in [0.3, 0.4) is 0 Å². The molecule has 0 atom stereocenters. The molecule has 0 saturated carbocycles. The van der Waals surface area contributed by atoms with Crippen molar-refractivity contribution >= 4 is 10.1 Å². The summed E-state index contributed by atoms with van der Waals surface area (Å²) in [7, 11) is -4.04. The van der Waals surface area contributed by atoms with E-state index in [9.17, 15) is 8.42 Å². The fourth-order valence-corrected chi connectivity index (χ4v) is 1.48. The summed E-state index contributed by atoms with van der Waals surface area (Å²) in [5, 5.41) is 0. The van der Waals surface area contributed by atoms with Gasteiger partial charge in [0.2, 0.25) is 0 Å². The first-order valence-electron chi connectivity index (χ1n) is 3.60. The molecule has 0 aliphatic rings. The van der Waals surface area contributed by atoms with Crippen LogP contribution in [0.25, 0.3) is 0 Å². The van der Waals surface area contributed by atoms with E-state index in [4.69, 9.17) is 4.55 Å². The van der Waals surface area contributed by atoms with Crippen LogP contribution in [-0.2, 0) is 16.5 Å². The van der Waals surface area contributed by atoms with Gasteiger partial charge >= 0.3 is 18.9 Å². The minimum absolute atomic E-state index is 0. The second-order valence-corrected chi connectivity index (χ2v) is 3.90. The Balaban J connectivity index is 0. The van der Waals surface area contributed by atoms with Crippen LogP contribution in [0, 0.1) is 0 Å². The van der Waals surface area contributed by atoms with E-state index in [1.165, 1.54) is 12.1 Å². The Bertz CT molecular complexity index is 378. The van der Waals surface area contributed by atoms with Crippen molar-refractivity contribution in [2.45, 2.75) is 18.2 Å². The molecule has 0 radical (unpaired) electrons. The fourth-order valence-electron chi connectivity index (χ4n) is 0.926. The number of hydrogen-bond donors (Lipinski definition) is 1. The van der Waals surface area contributed by atoms with Gasteiger partial charge in [0.15, 0.2) is 0 Å². The average Bonchev–Trinajstić information content (AvgIpc) is 2.03. The first-order valence-corrected chi connectivity index (χ1v) is 5.04. The Morgan fingerprint density at radius 3 is 2.54 bits per heavy atom. The first-order chi connectivity index (χ1) is 5.54. The van der Waals surface area contributed by atoms with Gasteiger partial charge in [-0.3, -0.25) is 4.55 Å². The molecule has 0 aliphatic heterocycles. The van der Waals surface area contributed by atoms with Crippen LogP contribution in [0.1, 0.15) is 13.9 Å². The molecule has 0 aromatic heterocycles. The normalized spacial score (nSPS) is 10.6. The van der Waals surface area contributed by atoms with Gasteiger partial charge in [-0.15, -0.1) is 0 Å². The van der Waals surface area contributed by atoms with Crippen LogP contribution in [0.5, 0.6) is 0 Å². The third-order valence-corrected chi connectivity index (χ3v) is 2.45. The predicted octanol–water partition coefficient (Wildman–Crippen LogP) is -1.39. The smallest absolute Gasteiger partial charge is 1.00 e. The van der Waals surface area contributed by atoms with E-state index in [0.717, 1.165) is 12.0 Å². The molecule has 0 fully saturated rings. The van der Waals surface area contributed by atoms with Crippen molar-refractivity contribution in [1.82, 2.24) is 0 Å². The third-order valence-electron chi connectivity index (χ3n) is 1.60. The van der Waals surface area contributed by atoms with Crippen molar-refractivity contribution in [3.05, 3.63) is 29.8 Å². The summed E-state index contributed by atoms with van der Waals surface area (Å²) in [4.78, 5) is -0.0400. The van der Waals surface area contributed by atoms with Gasteiger partial charge in [-0.1, -0.05) is 19.1 Å². The molecule has 1 aromatic rings. The van der Waals surface area contributed by atoms with Crippen molar-refractivity contribution in [2.24, 2.45) is 0 Å². The predicted molar refractivity (Wildman–Crippen MR) is 46.7 cm³/mol. The molecule has 3 nitrogen and oxygen atoms in total. The summed E-state index contributed by atoms with van der Waals surface area (Å²) in [6.07, 6.45) is 0.753. The second-order valence-electron chi connectivity index (χ2n) is 2.48. The van der Waals surface area contributed by atoms with Crippen LogP contribution < -0.4 is 18.9 Å². The zero-order valence-electron chi connectivity index (χ0n) is 8.69. The van der Waals surface area contributed by atoms with Crippen LogP contribution >= 0.6 is 0 Å². The Morgan fingerprint density at radius 1 is 1.46 bits per heavy atom. The molecule has 0 unspecified atom stereocenters. The quantitative estimate of drug-likeness (QED) is 0.466. The standard InChI is InChI=1S/C8H10O3S.Li.H/c1-2-7-4-3-5-8(6-7)12(9,10)11;;/h3-6H,2H2,1H3,(H,9,10,11);;/q;+1;-1. The van der Waals surface area contributed by atoms with Gasteiger partial charge in [0.25, 0.3) is 10.1 Å². The molecule has 0 spiro atoms. The minimum atomic E-state index is -4.04. The van der Waals surface area contributed by atoms with Crippen molar-refractivity contribution in [1.29, 1.82) is 0 Å². The molecule has 1 N–H and O–H groups in total. The van der Waals surface area contributed by atoms with E-state index in [-0.39, 0.29) is 25.2 Å². The Morgan fingerprint density at radius 2 is 2.08 bits per heavy atom. The zero-order chi connectivity index (χ0) is 9.19. The van der Waals surface area contributed by atoms with Crippen molar-refractivity contribution in [3.8, 4) is 0 Å². The number of rotatable bonds is 2. The summed E-state index contributed by atoms with van der Waals surface area (Å²) in [6.45, 7) is 1.92.